The lowest BCUT2D eigenvalue weighted by atomic mass is 9.91. The molecule has 2 heterocycles. The number of anilines is 1. The van der Waals surface area contributed by atoms with E-state index in [0.29, 0.717) is 16.7 Å². The zero-order valence-electron chi connectivity index (χ0n) is 18.0. The molecule has 0 saturated heterocycles. The molecule has 162 valence electrons. The first kappa shape index (κ1) is 21.0. The molecule has 0 bridgehead atoms. The SMILES string of the molecule is CC1(C)Cc2cc(NC(=S)N3CC(c4ccccc4)C(c4ccc(Cl)cc4)=N3)ccc2O1. The van der Waals surface area contributed by atoms with Gasteiger partial charge in [-0.15, -0.1) is 0 Å². The van der Waals surface area contributed by atoms with Crippen molar-refractivity contribution in [1.82, 2.24) is 5.01 Å². The molecule has 4 nitrogen and oxygen atoms in total. The molecule has 0 saturated carbocycles. The fourth-order valence-electron chi connectivity index (χ4n) is 4.33. The van der Waals surface area contributed by atoms with Crippen LogP contribution < -0.4 is 10.1 Å². The standard InChI is InChI=1S/C26H24ClN3OS/c1-26(2)15-19-14-21(12-13-23(19)31-26)28-25(32)30-16-22(17-6-4-3-5-7-17)24(29-30)18-8-10-20(27)11-9-18/h3-14,22H,15-16H2,1-2H3,(H,28,32). The van der Waals surface area contributed by atoms with E-state index in [9.17, 15) is 0 Å². The summed E-state index contributed by atoms with van der Waals surface area (Å²) in [4.78, 5) is 0. The van der Waals surface area contributed by atoms with Gasteiger partial charge < -0.3 is 10.1 Å². The molecule has 0 radical (unpaired) electrons. The number of ether oxygens (including phenoxy) is 1. The van der Waals surface area contributed by atoms with E-state index in [0.717, 1.165) is 29.1 Å². The highest BCUT2D eigenvalue weighted by Crippen LogP contribution is 2.36. The molecular formula is C26H24ClN3OS. The Morgan fingerprint density at radius 2 is 1.84 bits per heavy atom. The number of hydrogen-bond acceptors (Lipinski definition) is 3. The summed E-state index contributed by atoms with van der Waals surface area (Å²) in [5, 5.41) is 11.4. The van der Waals surface area contributed by atoms with Gasteiger partial charge in [-0.3, -0.25) is 0 Å². The minimum atomic E-state index is -0.170. The molecule has 2 aliphatic rings. The van der Waals surface area contributed by atoms with Gasteiger partial charge in [0.25, 0.3) is 0 Å². The topological polar surface area (TPSA) is 36.9 Å². The minimum Gasteiger partial charge on any atom is -0.487 e. The van der Waals surface area contributed by atoms with Crippen molar-refractivity contribution in [3.05, 3.63) is 94.5 Å². The lowest BCUT2D eigenvalue weighted by Gasteiger charge is -2.18. The number of fused-ring (bicyclic) bond motifs is 1. The van der Waals surface area contributed by atoms with Gasteiger partial charge in [0.1, 0.15) is 11.4 Å². The highest BCUT2D eigenvalue weighted by Gasteiger charge is 2.32. The summed E-state index contributed by atoms with van der Waals surface area (Å²) in [5.41, 5.74) is 5.21. The summed E-state index contributed by atoms with van der Waals surface area (Å²) in [6, 6.07) is 24.4. The minimum absolute atomic E-state index is 0.117. The first-order valence-electron chi connectivity index (χ1n) is 10.7. The summed E-state index contributed by atoms with van der Waals surface area (Å²) in [5.74, 6) is 1.06. The molecule has 5 rings (SSSR count). The van der Waals surface area contributed by atoms with Crippen molar-refractivity contribution in [3.8, 4) is 5.75 Å². The van der Waals surface area contributed by atoms with Gasteiger partial charge in [-0.05, 0) is 67.5 Å². The summed E-state index contributed by atoms with van der Waals surface area (Å²) in [6.45, 7) is 4.88. The van der Waals surface area contributed by atoms with E-state index in [1.54, 1.807) is 0 Å². The molecule has 0 fully saturated rings. The molecule has 3 aromatic carbocycles. The third kappa shape index (κ3) is 4.23. The number of hydrazone groups is 1. The van der Waals surface area contributed by atoms with Gasteiger partial charge in [0, 0.05) is 28.6 Å². The molecule has 3 aromatic rings. The second-order valence-electron chi connectivity index (χ2n) is 8.83. The number of thiocarbonyl (C=S) groups is 1. The molecule has 0 amide bonds. The van der Waals surface area contributed by atoms with Crippen LogP contribution in [0.25, 0.3) is 0 Å². The van der Waals surface area contributed by atoms with E-state index in [1.165, 1.54) is 11.1 Å². The van der Waals surface area contributed by atoms with Gasteiger partial charge in [-0.25, -0.2) is 5.01 Å². The largest absolute Gasteiger partial charge is 0.487 e. The van der Waals surface area contributed by atoms with Gasteiger partial charge in [-0.2, -0.15) is 5.10 Å². The van der Waals surface area contributed by atoms with Crippen molar-refractivity contribution in [1.29, 1.82) is 0 Å². The van der Waals surface area contributed by atoms with Crippen molar-refractivity contribution >= 4 is 40.3 Å². The Labute approximate surface area is 198 Å². The molecule has 2 aliphatic heterocycles. The van der Waals surface area contributed by atoms with Crippen molar-refractivity contribution in [2.24, 2.45) is 5.10 Å². The molecule has 1 N–H and O–H groups in total. The van der Waals surface area contributed by atoms with E-state index in [2.05, 4.69) is 49.5 Å². The fourth-order valence-corrected chi connectivity index (χ4v) is 4.69. The zero-order valence-corrected chi connectivity index (χ0v) is 19.6. The number of nitrogens with one attached hydrogen (secondary N) is 1. The first-order valence-corrected chi connectivity index (χ1v) is 11.5. The first-order chi connectivity index (χ1) is 15.4. The maximum atomic E-state index is 6.11. The van der Waals surface area contributed by atoms with Crippen LogP contribution in [0.3, 0.4) is 0 Å². The predicted octanol–water partition coefficient (Wildman–Crippen LogP) is 6.25. The van der Waals surface area contributed by atoms with E-state index >= 15 is 0 Å². The number of hydrogen-bond donors (Lipinski definition) is 1. The molecular weight excluding hydrogens is 438 g/mol. The summed E-state index contributed by atoms with van der Waals surface area (Å²) in [6.07, 6.45) is 0.878. The Morgan fingerprint density at radius 1 is 1.09 bits per heavy atom. The predicted molar refractivity (Wildman–Crippen MR) is 135 cm³/mol. The second kappa shape index (κ2) is 8.23. The van der Waals surface area contributed by atoms with Gasteiger partial charge in [0.05, 0.1) is 12.3 Å². The van der Waals surface area contributed by atoms with Crippen LogP contribution in [-0.2, 0) is 6.42 Å². The molecule has 32 heavy (non-hydrogen) atoms. The maximum absolute atomic E-state index is 6.11. The van der Waals surface area contributed by atoms with Crippen LogP contribution in [-0.4, -0.2) is 28.0 Å². The van der Waals surface area contributed by atoms with Crippen LogP contribution in [0.1, 0.15) is 36.5 Å². The van der Waals surface area contributed by atoms with E-state index in [1.807, 2.05) is 47.5 Å². The molecule has 0 spiro atoms. The average Bonchev–Trinajstić information content (AvgIpc) is 3.35. The third-order valence-electron chi connectivity index (χ3n) is 5.80. The molecule has 0 aliphatic carbocycles. The second-order valence-corrected chi connectivity index (χ2v) is 9.65. The van der Waals surface area contributed by atoms with Crippen LogP contribution in [0.4, 0.5) is 5.69 Å². The molecule has 1 atom stereocenters. The van der Waals surface area contributed by atoms with Crippen LogP contribution in [0.5, 0.6) is 5.75 Å². The van der Waals surface area contributed by atoms with Crippen molar-refractivity contribution in [2.75, 3.05) is 11.9 Å². The van der Waals surface area contributed by atoms with E-state index in [4.69, 9.17) is 33.7 Å². The van der Waals surface area contributed by atoms with Crippen molar-refractivity contribution in [2.45, 2.75) is 31.8 Å². The number of benzene rings is 3. The van der Waals surface area contributed by atoms with Crippen molar-refractivity contribution < 1.29 is 4.74 Å². The van der Waals surface area contributed by atoms with Crippen LogP contribution in [0.2, 0.25) is 5.02 Å². The van der Waals surface area contributed by atoms with Crippen LogP contribution in [0.15, 0.2) is 77.9 Å². The Morgan fingerprint density at radius 3 is 2.59 bits per heavy atom. The quantitative estimate of drug-likeness (QED) is 0.467. The van der Waals surface area contributed by atoms with Gasteiger partial charge in [0.15, 0.2) is 5.11 Å². The smallest absolute Gasteiger partial charge is 0.194 e. The summed E-state index contributed by atoms with van der Waals surface area (Å²) >= 11 is 11.9. The van der Waals surface area contributed by atoms with E-state index < -0.39 is 0 Å². The zero-order chi connectivity index (χ0) is 22.3. The Bertz CT molecular complexity index is 1190. The van der Waals surface area contributed by atoms with Crippen LogP contribution >= 0.6 is 23.8 Å². The number of halogens is 1. The summed E-state index contributed by atoms with van der Waals surface area (Å²) < 4.78 is 5.99. The van der Waals surface area contributed by atoms with Gasteiger partial charge in [-0.1, -0.05) is 54.1 Å². The lowest BCUT2D eigenvalue weighted by molar-refractivity contribution is 0.138. The van der Waals surface area contributed by atoms with Gasteiger partial charge in [0.2, 0.25) is 0 Å². The van der Waals surface area contributed by atoms with E-state index in [-0.39, 0.29) is 11.5 Å². The normalized spacial score (nSPS) is 18.7. The van der Waals surface area contributed by atoms with Gasteiger partial charge >= 0.3 is 0 Å². The molecule has 0 aromatic heterocycles. The number of nitrogens with zero attached hydrogens (tertiary/aromatic N) is 2. The Kier molecular flexibility index (Phi) is 5.39. The fraction of sp³-hybridized carbons (Fsp3) is 0.231. The lowest BCUT2D eigenvalue weighted by Crippen LogP contribution is -2.30. The van der Waals surface area contributed by atoms with Crippen molar-refractivity contribution in [3.63, 3.8) is 0 Å². The monoisotopic (exact) mass is 461 g/mol. The molecule has 6 heteroatoms. The summed E-state index contributed by atoms with van der Waals surface area (Å²) in [7, 11) is 0. The molecule has 1 unspecified atom stereocenters. The number of rotatable bonds is 3. The average molecular weight is 462 g/mol. The Hall–Kier alpha value is -2.89. The highest BCUT2D eigenvalue weighted by atomic mass is 35.5. The van der Waals surface area contributed by atoms with Crippen LogP contribution in [0, 0.1) is 0 Å². The maximum Gasteiger partial charge on any atom is 0.194 e. The Balaban J connectivity index is 1.40. The highest BCUT2D eigenvalue weighted by molar-refractivity contribution is 7.80. The third-order valence-corrected chi connectivity index (χ3v) is 6.37.